The van der Waals surface area contributed by atoms with Crippen LogP contribution in [0.15, 0.2) is 30.3 Å². The van der Waals surface area contributed by atoms with Crippen LogP contribution in [0.5, 0.6) is 0 Å². The molecule has 18 heavy (non-hydrogen) atoms. The third-order valence-corrected chi connectivity index (χ3v) is 4.15. The lowest BCUT2D eigenvalue weighted by Crippen LogP contribution is -2.23. The van der Waals surface area contributed by atoms with Crippen LogP contribution in [-0.4, -0.2) is 12.7 Å². The van der Waals surface area contributed by atoms with Gasteiger partial charge in [0.05, 0.1) is 6.10 Å². The zero-order valence-corrected chi connectivity index (χ0v) is 11.6. The van der Waals surface area contributed by atoms with Crippen LogP contribution in [0, 0.1) is 5.92 Å². The molecule has 1 atom stereocenters. The number of ether oxygens (including phenoxy) is 1. The van der Waals surface area contributed by atoms with Gasteiger partial charge in [-0.25, -0.2) is 0 Å². The van der Waals surface area contributed by atoms with Gasteiger partial charge in [0.25, 0.3) is 0 Å². The number of rotatable bonds is 6. The summed E-state index contributed by atoms with van der Waals surface area (Å²) in [6.07, 6.45) is 9.72. The third-order valence-electron chi connectivity index (χ3n) is 4.15. The molecule has 0 heterocycles. The van der Waals surface area contributed by atoms with Crippen LogP contribution in [0.4, 0.5) is 0 Å². The van der Waals surface area contributed by atoms with E-state index in [-0.39, 0.29) is 0 Å². The lowest BCUT2D eigenvalue weighted by atomic mass is 9.86. The minimum absolute atomic E-state index is 0.459. The fourth-order valence-electron chi connectivity index (χ4n) is 2.93. The monoisotopic (exact) mass is 246 g/mol. The predicted octanol–water partition coefficient (Wildman–Crippen LogP) is 4.60. The minimum atomic E-state index is 0.459. The molecule has 0 aromatic heterocycles. The Balaban J connectivity index is 1.60. The molecule has 0 bridgehead atoms. The van der Waals surface area contributed by atoms with Crippen LogP contribution in [-0.2, 0) is 11.2 Å². The summed E-state index contributed by atoms with van der Waals surface area (Å²) in [5.74, 6) is 0.815. The standard InChI is InChI=1S/C17H26O/c1-15(17-12-6-3-7-13-17)18-14-8-11-16-9-4-2-5-10-16/h2,4-5,9-10,15,17H,3,6-8,11-14H2,1H3. The van der Waals surface area contributed by atoms with Crippen LogP contribution in [0.2, 0.25) is 0 Å². The summed E-state index contributed by atoms with van der Waals surface area (Å²) < 4.78 is 6.00. The molecule has 1 aliphatic rings. The second-order valence-electron chi connectivity index (χ2n) is 5.56. The first-order chi connectivity index (χ1) is 8.86. The average molecular weight is 246 g/mol. The van der Waals surface area contributed by atoms with Gasteiger partial charge < -0.3 is 4.74 Å². The summed E-state index contributed by atoms with van der Waals surface area (Å²) in [6, 6.07) is 10.7. The second kappa shape index (κ2) is 7.58. The van der Waals surface area contributed by atoms with Crippen molar-refractivity contribution in [1.29, 1.82) is 0 Å². The highest BCUT2D eigenvalue weighted by atomic mass is 16.5. The fourth-order valence-corrected chi connectivity index (χ4v) is 2.93. The topological polar surface area (TPSA) is 9.23 Å². The fraction of sp³-hybridized carbons (Fsp3) is 0.647. The van der Waals surface area contributed by atoms with Crippen molar-refractivity contribution in [2.45, 2.75) is 58.0 Å². The van der Waals surface area contributed by atoms with Crippen LogP contribution >= 0.6 is 0 Å². The van der Waals surface area contributed by atoms with Crippen molar-refractivity contribution in [3.63, 3.8) is 0 Å². The lowest BCUT2D eigenvalue weighted by molar-refractivity contribution is 0.0119. The Bertz CT molecular complexity index is 314. The Morgan fingerprint density at radius 3 is 2.56 bits per heavy atom. The van der Waals surface area contributed by atoms with E-state index in [9.17, 15) is 0 Å². The summed E-state index contributed by atoms with van der Waals surface area (Å²) in [6.45, 7) is 3.17. The minimum Gasteiger partial charge on any atom is -0.378 e. The van der Waals surface area contributed by atoms with Gasteiger partial charge in [-0.2, -0.15) is 0 Å². The molecule has 1 aromatic rings. The number of benzene rings is 1. The Labute approximate surface area is 112 Å². The van der Waals surface area contributed by atoms with E-state index in [2.05, 4.69) is 37.3 Å². The predicted molar refractivity (Wildman–Crippen MR) is 76.8 cm³/mol. The Hall–Kier alpha value is -0.820. The lowest BCUT2D eigenvalue weighted by Gasteiger charge is -2.27. The van der Waals surface area contributed by atoms with Gasteiger partial charge in [-0.15, -0.1) is 0 Å². The highest BCUT2D eigenvalue weighted by molar-refractivity contribution is 5.14. The summed E-state index contributed by atoms with van der Waals surface area (Å²) in [7, 11) is 0. The molecule has 1 fully saturated rings. The van der Waals surface area contributed by atoms with E-state index in [1.165, 1.54) is 37.7 Å². The van der Waals surface area contributed by atoms with Gasteiger partial charge in [0.2, 0.25) is 0 Å². The first kappa shape index (κ1) is 13.6. The Kier molecular flexibility index (Phi) is 5.73. The highest BCUT2D eigenvalue weighted by Gasteiger charge is 2.20. The van der Waals surface area contributed by atoms with E-state index in [0.717, 1.165) is 25.4 Å². The Morgan fingerprint density at radius 1 is 1.11 bits per heavy atom. The van der Waals surface area contributed by atoms with Crippen LogP contribution < -0.4 is 0 Å². The normalized spacial score (nSPS) is 18.7. The smallest absolute Gasteiger partial charge is 0.0575 e. The molecule has 0 amide bonds. The molecule has 0 N–H and O–H groups in total. The number of aryl methyl sites for hydroxylation is 1. The molecular weight excluding hydrogens is 220 g/mol. The van der Waals surface area contributed by atoms with Crippen LogP contribution in [0.1, 0.15) is 51.0 Å². The Morgan fingerprint density at radius 2 is 1.83 bits per heavy atom. The molecule has 0 saturated heterocycles. The summed E-state index contributed by atoms with van der Waals surface area (Å²) in [5.41, 5.74) is 1.42. The van der Waals surface area contributed by atoms with Gasteiger partial charge in [0.15, 0.2) is 0 Å². The largest absolute Gasteiger partial charge is 0.378 e. The molecule has 1 saturated carbocycles. The number of hydrogen-bond acceptors (Lipinski definition) is 1. The van der Waals surface area contributed by atoms with Crippen LogP contribution in [0.25, 0.3) is 0 Å². The molecule has 1 heteroatoms. The zero-order chi connectivity index (χ0) is 12.6. The van der Waals surface area contributed by atoms with E-state index in [1.807, 2.05) is 0 Å². The molecule has 1 nitrogen and oxygen atoms in total. The van der Waals surface area contributed by atoms with E-state index >= 15 is 0 Å². The van der Waals surface area contributed by atoms with Gasteiger partial charge in [-0.05, 0) is 44.1 Å². The molecule has 1 aliphatic carbocycles. The molecular formula is C17H26O. The van der Waals surface area contributed by atoms with Crippen LogP contribution in [0.3, 0.4) is 0 Å². The average Bonchev–Trinajstić information content (AvgIpc) is 2.45. The summed E-state index contributed by atoms with van der Waals surface area (Å²) >= 11 is 0. The van der Waals surface area contributed by atoms with Crippen molar-refractivity contribution in [2.24, 2.45) is 5.92 Å². The molecule has 1 unspecified atom stereocenters. The molecule has 0 radical (unpaired) electrons. The molecule has 2 rings (SSSR count). The van der Waals surface area contributed by atoms with E-state index in [1.54, 1.807) is 0 Å². The molecule has 0 aliphatic heterocycles. The highest BCUT2D eigenvalue weighted by Crippen LogP contribution is 2.27. The van der Waals surface area contributed by atoms with Crippen molar-refractivity contribution in [2.75, 3.05) is 6.61 Å². The van der Waals surface area contributed by atoms with Crippen molar-refractivity contribution < 1.29 is 4.74 Å². The van der Waals surface area contributed by atoms with E-state index in [4.69, 9.17) is 4.74 Å². The quantitative estimate of drug-likeness (QED) is 0.666. The van der Waals surface area contributed by atoms with E-state index in [0.29, 0.717) is 6.10 Å². The maximum absolute atomic E-state index is 6.00. The second-order valence-corrected chi connectivity index (χ2v) is 5.56. The van der Waals surface area contributed by atoms with Gasteiger partial charge in [0, 0.05) is 6.61 Å². The van der Waals surface area contributed by atoms with Crippen molar-refractivity contribution in [3.05, 3.63) is 35.9 Å². The number of hydrogen-bond donors (Lipinski definition) is 0. The van der Waals surface area contributed by atoms with Gasteiger partial charge in [-0.1, -0.05) is 49.6 Å². The summed E-state index contributed by atoms with van der Waals surface area (Å²) in [4.78, 5) is 0. The molecule has 0 spiro atoms. The maximum atomic E-state index is 6.00. The maximum Gasteiger partial charge on any atom is 0.0575 e. The summed E-state index contributed by atoms with van der Waals surface area (Å²) in [5, 5.41) is 0. The van der Waals surface area contributed by atoms with Gasteiger partial charge in [0.1, 0.15) is 0 Å². The van der Waals surface area contributed by atoms with Crippen molar-refractivity contribution in [1.82, 2.24) is 0 Å². The third kappa shape index (κ3) is 4.45. The van der Waals surface area contributed by atoms with Crippen molar-refractivity contribution >= 4 is 0 Å². The van der Waals surface area contributed by atoms with Gasteiger partial charge >= 0.3 is 0 Å². The molecule has 100 valence electrons. The SMILES string of the molecule is CC(OCCCc1ccccc1)C1CCCCC1. The zero-order valence-electron chi connectivity index (χ0n) is 11.6. The van der Waals surface area contributed by atoms with Gasteiger partial charge in [-0.3, -0.25) is 0 Å². The first-order valence-electron chi connectivity index (χ1n) is 7.52. The first-order valence-corrected chi connectivity index (χ1v) is 7.52. The van der Waals surface area contributed by atoms with Crippen molar-refractivity contribution in [3.8, 4) is 0 Å². The van der Waals surface area contributed by atoms with E-state index < -0.39 is 0 Å². The molecule has 1 aromatic carbocycles.